The summed E-state index contributed by atoms with van der Waals surface area (Å²) in [5.41, 5.74) is 0.481. The van der Waals surface area contributed by atoms with Crippen LogP contribution in [-0.2, 0) is 5.75 Å². The second-order valence-corrected chi connectivity index (χ2v) is 4.77. The first-order valence-corrected chi connectivity index (χ1v) is 6.35. The minimum atomic E-state index is -1.24. The van der Waals surface area contributed by atoms with Crippen LogP contribution in [0.1, 0.15) is 15.9 Å². The summed E-state index contributed by atoms with van der Waals surface area (Å²) in [4.78, 5) is 11.8. The summed E-state index contributed by atoms with van der Waals surface area (Å²) >= 11 is 1.58. The summed E-state index contributed by atoms with van der Waals surface area (Å²) in [5.74, 6) is -1.32. The van der Waals surface area contributed by atoms with E-state index in [2.05, 4.69) is 0 Å². The van der Waals surface area contributed by atoms with Gasteiger partial charge in [0.2, 0.25) is 0 Å². The topological polar surface area (TPSA) is 37.3 Å². The fourth-order valence-electron chi connectivity index (χ4n) is 1.51. The number of carboxylic acid groups (broad SMARTS) is 1. The molecule has 4 heteroatoms. The maximum Gasteiger partial charge on any atom is 0.338 e. The Kier molecular flexibility index (Phi) is 3.99. The summed E-state index contributed by atoms with van der Waals surface area (Å²) in [6, 6.07) is 14.0. The highest BCUT2D eigenvalue weighted by molar-refractivity contribution is 7.98. The van der Waals surface area contributed by atoms with Crippen molar-refractivity contribution >= 4 is 17.7 Å². The third-order valence-electron chi connectivity index (χ3n) is 2.41. The van der Waals surface area contributed by atoms with E-state index >= 15 is 0 Å². The largest absolute Gasteiger partial charge is 0.478 e. The highest BCUT2D eigenvalue weighted by Crippen LogP contribution is 2.23. The first-order valence-electron chi connectivity index (χ1n) is 5.36. The van der Waals surface area contributed by atoms with Crippen molar-refractivity contribution in [2.24, 2.45) is 0 Å². The molecule has 0 atom stereocenters. The predicted molar refractivity (Wildman–Crippen MR) is 69.4 cm³/mol. The highest BCUT2D eigenvalue weighted by Gasteiger charge is 2.10. The van der Waals surface area contributed by atoms with Gasteiger partial charge in [0.05, 0.1) is 5.56 Å². The van der Waals surface area contributed by atoms with E-state index in [1.54, 1.807) is 17.8 Å². The van der Waals surface area contributed by atoms with Crippen molar-refractivity contribution in [3.8, 4) is 0 Å². The van der Waals surface area contributed by atoms with E-state index in [1.807, 2.05) is 30.3 Å². The van der Waals surface area contributed by atoms with Gasteiger partial charge in [-0.25, -0.2) is 9.18 Å². The number of benzene rings is 2. The summed E-state index contributed by atoms with van der Waals surface area (Å²) in [7, 11) is 0. The molecule has 0 unspecified atom stereocenters. The normalized spacial score (nSPS) is 10.3. The first-order chi connectivity index (χ1) is 8.66. The predicted octanol–water partition coefficient (Wildman–Crippen LogP) is 3.82. The third kappa shape index (κ3) is 3.11. The van der Waals surface area contributed by atoms with Crippen LogP contribution < -0.4 is 0 Å². The van der Waals surface area contributed by atoms with Crippen LogP contribution in [0.5, 0.6) is 0 Å². The Labute approximate surface area is 108 Å². The van der Waals surface area contributed by atoms with Crippen LogP contribution in [0.2, 0.25) is 0 Å². The van der Waals surface area contributed by atoms with Crippen LogP contribution in [0.4, 0.5) is 4.39 Å². The lowest BCUT2D eigenvalue weighted by Crippen LogP contribution is -2.00. The molecule has 0 aliphatic heterocycles. The minimum Gasteiger partial charge on any atom is -0.478 e. The molecule has 0 aromatic heterocycles. The summed E-state index contributed by atoms with van der Waals surface area (Å²) in [6.45, 7) is 0. The van der Waals surface area contributed by atoms with Crippen molar-refractivity contribution in [2.75, 3.05) is 0 Å². The molecule has 2 rings (SSSR count). The number of hydrogen-bond acceptors (Lipinski definition) is 2. The maximum atomic E-state index is 13.4. The number of rotatable bonds is 4. The Morgan fingerprint density at radius 1 is 1.17 bits per heavy atom. The molecule has 2 nitrogen and oxygen atoms in total. The lowest BCUT2D eigenvalue weighted by atomic mass is 10.1. The van der Waals surface area contributed by atoms with Gasteiger partial charge >= 0.3 is 5.97 Å². The molecule has 0 bridgehead atoms. The Morgan fingerprint density at radius 2 is 1.89 bits per heavy atom. The molecule has 2 aromatic rings. The Hall–Kier alpha value is -1.81. The molecule has 92 valence electrons. The SMILES string of the molecule is O=C(O)c1ccc(CSc2ccccc2)cc1F. The van der Waals surface area contributed by atoms with Crippen LogP contribution in [0.3, 0.4) is 0 Å². The molecule has 0 aliphatic carbocycles. The van der Waals surface area contributed by atoms with Crippen molar-refractivity contribution in [3.05, 3.63) is 65.5 Å². The van der Waals surface area contributed by atoms with E-state index < -0.39 is 11.8 Å². The summed E-state index contributed by atoms with van der Waals surface area (Å²) in [6.07, 6.45) is 0. The standard InChI is InChI=1S/C14H11FO2S/c15-13-8-10(6-7-12(13)14(16)17)9-18-11-4-2-1-3-5-11/h1-8H,9H2,(H,16,17). The fraction of sp³-hybridized carbons (Fsp3) is 0.0714. The Balaban J connectivity index is 2.07. The molecule has 0 radical (unpaired) electrons. The molecule has 0 spiro atoms. The average molecular weight is 262 g/mol. The van der Waals surface area contributed by atoms with E-state index in [4.69, 9.17) is 5.11 Å². The molecule has 0 fully saturated rings. The molecular weight excluding hydrogens is 251 g/mol. The molecule has 0 heterocycles. The number of hydrogen-bond donors (Lipinski definition) is 1. The third-order valence-corrected chi connectivity index (χ3v) is 3.50. The van der Waals surface area contributed by atoms with Crippen molar-refractivity contribution < 1.29 is 14.3 Å². The van der Waals surface area contributed by atoms with Crippen LogP contribution in [0.15, 0.2) is 53.4 Å². The zero-order valence-electron chi connectivity index (χ0n) is 9.47. The van der Waals surface area contributed by atoms with Gasteiger partial charge in [-0.3, -0.25) is 0 Å². The molecule has 0 saturated carbocycles. The molecule has 1 N–H and O–H groups in total. The van der Waals surface area contributed by atoms with Gasteiger partial charge in [-0.05, 0) is 29.8 Å². The van der Waals surface area contributed by atoms with E-state index in [0.717, 1.165) is 10.5 Å². The molecule has 0 amide bonds. The van der Waals surface area contributed by atoms with Crippen LogP contribution in [0, 0.1) is 5.82 Å². The van der Waals surface area contributed by atoms with E-state index in [0.29, 0.717) is 5.75 Å². The summed E-state index contributed by atoms with van der Waals surface area (Å²) < 4.78 is 13.4. The van der Waals surface area contributed by atoms with Crippen LogP contribution in [0.25, 0.3) is 0 Å². The molecule has 0 aliphatic rings. The van der Waals surface area contributed by atoms with Gasteiger partial charge in [0.25, 0.3) is 0 Å². The fourth-order valence-corrected chi connectivity index (χ4v) is 2.37. The molecule has 18 heavy (non-hydrogen) atoms. The van der Waals surface area contributed by atoms with Gasteiger partial charge < -0.3 is 5.11 Å². The van der Waals surface area contributed by atoms with Gasteiger partial charge in [-0.15, -0.1) is 11.8 Å². The number of aromatic carboxylic acids is 1. The average Bonchev–Trinajstić information content (AvgIpc) is 2.37. The van der Waals surface area contributed by atoms with E-state index in [1.165, 1.54) is 12.1 Å². The number of thioether (sulfide) groups is 1. The minimum absolute atomic E-state index is 0.288. The quantitative estimate of drug-likeness (QED) is 0.851. The van der Waals surface area contributed by atoms with Gasteiger partial charge in [0.15, 0.2) is 0 Å². The van der Waals surface area contributed by atoms with Crippen LogP contribution >= 0.6 is 11.8 Å². The maximum absolute atomic E-state index is 13.4. The molecule has 0 saturated heterocycles. The lowest BCUT2D eigenvalue weighted by Gasteiger charge is -2.03. The Bertz CT molecular complexity index is 555. The number of halogens is 1. The van der Waals surface area contributed by atoms with Gasteiger partial charge in [-0.1, -0.05) is 24.3 Å². The molecular formula is C14H11FO2S. The van der Waals surface area contributed by atoms with Crippen molar-refractivity contribution in [1.82, 2.24) is 0 Å². The zero-order chi connectivity index (χ0) is 13.0. The van der Waals surface area contributed by atoms with Gasteiger partial charge in [0.1, 0.15) is 5.82 Å². The lowest BCUT2D eigenvalue weighted by molar-refractivity contribution is 0.0692. The Morgan fingerprint density at radius 3 is 2.50 bits per heavy atom. The zero-order valence-corrected chi connectivity index (χ0v) is 10.3. The van der Waals surface area contributed by atoms with E-state index in [-0.39, 0.29) is 5.56 Å². The number of carbonyl (C=O) groups is 1. The second-order valence-electron chi connectivity index (χ2n) is 3.72. The smallest absolute Gasteiger partial charge is 0.338 e. The molecule has 2 aromatic carbocycles. The summed E-state index contributed by atoms with van der Waals surface area (Å²) in [5, 5.41) is 8.72. The van der Waals surface area contributed by atoms with Crippen molar-refractivity contribution in [2.45, 2.75) is 10.6 Å². The highest BCUT2D eigenvalue weighted by atomic mass is 32.2. The van der Waals surface area contributed by atoms with E-state index in [9.17, 15) is 9.18 Å². The monoisotopic (exact) mass is 262 g/mol. The second kappa shape index (κ2) is 5.69. The van der Waals surface area contributed by atoms with Gasteiger partial charge in [0, 0.05) is 10.6 Å². The van der Waals surface area contributed by atoms with Gasteiger partial charge in [-0.2, -0.15) is 0 Å². The first kappa shape index (κ1) is 12.6. The number of carboxylic acids is 1. The van der Waals surface area contributed by atoms with Crippen molar-refractivity contribution in [1.29, 1.82) is 0 Å². The van der Waals surface area contributed by atoms with Crippen molar-refractivity contribution in [3.63, 3.8) is 0 Å². The van der Waals surface area contributed by atoms with Crippen LogP contribution in [-0.4, -0.2) is 11.1 Å².